The molecule has 2 nitrogen and oxygen atoms in total. The summed E-state index contributed by atoms with van der Waals surface area (Å²) in [6, 6.07) is 7.09. The zero-order valence-corrected chi connectivity index (χ0v) is 7.46. The van der Waals surface area contributed by atoms with Crippen molar-refractivity contribution < 1.29 is 29.6 Å². The van der Waals surface area contributed by atoms with Crippen LogP contribution in [0.15, 0.2) is 24.3 Å². The molecule has 9 heavy (non-hydrogen) atoms. The van der Waals surface area contributed by atoms with Gasteiger partial charge < -0.3 is 11.5 Å². The van der Waals surface area contributed by atoms with Crippen LogP contribution in [0.3, 0.4) is 0 Å². The van der Waals surface area contributed by atoms with Crippen molar-refractivity contribution in [1.82, 2.24) is 0 Å². The number of anilines is 2. The first-order valence-corrected chi connectivity index (χ1v) is 2.40. The summed E-state index contributed by atoms with van der Waals surface area (Å²) in [5.41, 5.74) is 12.2. The minimum absolute atomic E-state index is 0. The molecule has 0 atom stereocenters. The summed E-state index contributed by atoms with van der Waals surface area (Å²) in [7, 11) is 0. The van der Waals surface area contributed by atoms with E-state index in [0.717, 1.165) is 11.4 Å². The maximum atomic E-state index is 5.37. The monoisotopic (exact) mass is 131 g/mol. The van der Waals surface area contributed by atoms with Crippen molar-refractivity contribution in [3.63, 3.8) is 0 Å². The zero-order valence-electron chi connectivity index (χ0n) is 5.46. The summed E-state index contributed by atoms with van der Waals surface area (Å²) in [4.78, 5) is 0. The second kappa shape index (κ2) is 3.77. The van der Waals surface area contributed by atoms with E-state index in [-0.39, 0.29) is 29.6 Å². The predicted octanol–water partition coefficient (Wildman–Crippen LogP) is -2.14. The van der Waals surface area contributed by atoms with Gasteiger partial charge in [0.25, 0.3) is 0 Å². The van der Waals surface area contributed by atoms with E-state index in [0.29, 0.717) is 0 Å². The molecule has 0 spiro atoms. The van der Waals surface area contributed by atoms with Gasteiger partial charge in [0.05, 0.1) is 0 Å². The van der Waals surface area contributed by atoms with E-state index in [1.165, 1.54) is 0 Å². The van der Waals surface area contributed by atoms with E-state index in [9.17, 15) is 0 Å². The van der Waals surface area contributed by atoms with Gasteiger partial charge in [0, 0.05) is 11.4 Å². The second-order valence-electron chi connectivity index (χ2n) is 1.67. The minimum atomic E-state index is 0. The number of hydrogen-bond donors (Lipinski definition) is 2. The number of nitrogens with two attached hydrogens (primary N) is 2. The summed E-state index contributed by atoms with van der Waals surface area (Å²) in [6.45, 7) is 0. The molecule has 0 bridgehead atoms. The van der Waals surface area contributed by atoms with Gasteiger partial charge in [-0.1, -0.05) is 0 Å². The molecule has 0 saturated carbocycles. The average Bonchev–Trinajstić information content (AvgIpc) is 1.77. The van der Waals surface area contributed by atoms with E-state index in [2.05, 4.69) is 0 Å². The Hall–Kier alpha value is -0.180. The molecule has 0 saturated heterocycles. The Bertz CT molecular complexity index is 150. The van der Waals surface area contributed by atoms with Crippen LogP contribution in [0.4, 0.5) is 11.4 Å². The van der Waals surface area contributed by atoms with E-state index >= 15 is 0 Å². The van der Waals surface area contributed by atoms with Crippen LogP contribution in [0.25, 0.3) is 0 Å². The molecule has 0 aliphatic rings. The van der Waals surface area contributed by atoms with Crippen molar-refractivity contribution in [1.29, 1.82) is 0 Å². The second-order valence-corrected chi connectivity index (χ2v) is 1.67. The first kappa shape index (κ1) is 8.82. The van der Waals surface area contributed by atoms with Crippen LogP contribution >= 0.6 is 0 Å². The van der Waals surface area contributed by atoms with Crippen molar-refractivity contribution in [2.75, 3.05) is 11.5 Å². The van der Waals surface area contributed by atoms with Gasteiger partial charge in [0.2, 0.25) is 0 Å². The summed E-state index contributed by atoms with van der Waals surface area (Å²) < 4.78 is 0. The van der Waals surface area contributed by atoms with Crippen molar-refractivity contribution >= 4 is 11.4 Å². The Kier molecular flexibility index (Phi) is 3.70. The molecule has 0 aliphatic heterocycles. The first-order chi connectivity index (χ1) is 3.79. The van der Waals surface area contributed by atoms with Crippen molar-refractivity contribution in [3.8, 4) is 0 Å². The smallest absolute Gasteiger partial charge is 0.399 e. The van der Waals surface area contributed by atoms with Crippen LogP contribution in [-0.4, -0.2) is 0 Å². The third-order valence-corrected chi connectivity index (χ3v) is 0.936. The summed E-state index contributed by atoms with van der Waals surface area (Å²) in [5.74, 6) is 0. The third kappa shape index (κ3) is 2.75. The van der Waals surface area contributed by atoms with Crippen molar-refractivity contribution in [2.45, 2.75) is 0 Å². The summed E-state index contributed by atoms with van der Waals surface area (Å²) in [6.07, 6.45) is 0. The summed E-state index contributed by atoms with van der Waals surface area (Å²) >= 11 is 0. The molecule has 4 N–H and O–H groups in total. The largest absolute Gasteiger partial charge is 1.00 e. The maximum absolute atomic E-state index is 5.37. The van der Waals surface area contributed by atoms with Crippen LogP contribution in [0.5, 0.6) is 0 Å². The summed E-state index contributed by atoms with van der Waals surface area (Å²) in [5, 5.41) is 0. The molecule has 1 rings (SSSR count). The standard InChI is InChI=1S/C6H8N2.Na/c7-5-1-2-6(8)4-3-5;/h1-4H,7-8H2;/q;+1. The average molecular weight is 131 g/mol. The molecule has 0 amide bonds. The van der Waals surface area contributed by atoms with E-state index in [1.54, 1.807) is 24.3 Å². The predicted molar refractivity (Wildman–Crippen MR) is 35.3 cm³/mol. The molecular formula is C6H8N2Na+. The van der Waals surface area contributed by atoms with Crippen LogP contribution in [0, 0.1) is 0 Å². The van der Waals surface area contributed by atoms with Gasteiger partial charge in [0.1, 0.15) is 0 Å². The molecule has 1 aromatic carbocycles. The van der Waals surface area contributed by atoms with Crippen molar-refractivity contribution in [3.05, 3.63) is 24.3 Å². The van der Waals surface area contributed by atoms with Gasteiger partial charge in [-0.2, -0.15) is 0 Å². The van der Waals surface area contributed by atoms with Crippen LogP contribution in [0.1, 0.15) is 0 Å². The molecule has 3 heteroatoms. The third-order valence-electron chi connectivity index (χ3n) is 0.936. The Balaban J connectivity index is 0.000000640. The SMILES string of the molecule is Nc1ccc(N)cc1.[Na+]. The molecule has 42 valence electrons. The van der Waals surface area contributed by atoms with Gasteiger partial charge in [-0.25, -0.2) is 0 Å². The minimum Gasteiger partial charge on any atom is -0.399 e. The molecule has 0 aromatic heterocycles. The Morgan fingerprint density at radius 3 is 1.22 bits per heavy atom. The number of nitrogen functional groups attached to an aromatic ring is 2. The number of benzene rings is 1. The fourth-order valence-electron chi connectivity index (χ4n) is 0.496. The number of hydrogen-bond acceptors (Lipinski definition) is 2. The van der Waals surface area contributed by atoms with E-state index in [4.69, 9.17) is 11.5 Å². The van der Waals surface area contributed by atoms with E-state index in [1.807, 2.05) is 0 Å². The Morgan fingerprint density at radius 1 is 0.778 bits per heavy atom. The molecule has 0 radical (unpaired) electrons. The van der Waals surface area contributed by atoms with Crippen molar-refractivity contribution in [2.24, 2.45) is 0 Å². The van der Waals surface area contributed by atoms with Gasteiger partial charge in [-0.05, 0) is 24.3 Å². The molecule has 0 fully saturated rings. The molecule has 0 aliphatic carbocycles. The van der Waals surface area contributed by atoms with E-state index < -0.39 is 0 Å². The first-order valence-electron chi connectivity index (χ1n) is 2.40. The quantitative estimate of drug-likeness (QED) is 0.312. The fraction of sp³-hybridized carbons (Fsp3) is 0. The van der Waals surface area contributed by atoms with Gasteiger partial charge in [-0.15, -0.1) is 0 Å². The molecule has 0 heterocycles. The van der Waals surface area contributed by atoms with Gasteiger partial charge >= 0.3 is 29.6 Å². The van der Waals surface area contributed by atoms with Gasteiger partial charge in [0.15, 0.2) is 0 Å². The molecule has 1 aromatic rings. The molecular weight excluding hydrogens is 123 g/mol. The normalized spacial score (nSPS) is 8.00. The Morgan fingerprint density at radius 2 is 1.00 bits per heavy atom. The van der Waals surface area contributed by atoms with Crippen LogP contribution in [0.2, 0.25) is 0 Å². The zero-order chi connectivity index (χ0) is 5.98. The maximum Gasteiger partial charge on any atom is 1.00 e. The molecule has 0 unspecified atom stereocenters. The van der Waals surface area contributed by atoms with Crippen LogP contribution in [-0.2, 0) is 0 Å². The fourth-order valence-corrected chi connectivity index (χ4v) is 0.496. The Labute approximate surface area is 76.5 Å². The topological polar surface area (TPSA) is 52.0 Å². The number of rotatable bonds is 0. The van der Waals surface area contributed by atoms with Crippen LogP contribution < -0.4 is 41.0 Å². The van der Waals surface area contributed by atoms with Gasteiger partial charge in [-0.3, -0.25) is 0 Å².